The average Bonchev–Trinajstić information content (AvgIpc) is 3.03. The van der Waals surface area contributed by atoms with Gasteiger partial charge in [-0.3, -0.25) is 19.2 Å². The Morgan fingerprint density at radius 3 is 2.29 bits per heavy atom. The minimum atomic E-state index is -1.19. The zero-order chi connectivity index (χ0) is 38.1. The molecular weight excluding hydrogens is 657 g/mol. The van der Waals surface area contributed by atoms with Gasteiger partial charge in [0.05, 0.1) is 0 Å². The van der Waals surface area contributed by atoms with E-state index in [9.17, 15) is 33.5 Å². The van der Waals surface area contributed by atoms with Crippen molar-refractivity contribution in [2.75, 3.05) is 27.2 Å². The molecule has 1 saturated heterocycles. The van der Waals surface area contributed by atoms with Crippen LogP contribution in [0.25, 0.3) is 0 Å². The summed E-state index contributed by atoms with van der Waals surface area (Å²) in [5.41, 5.74) is 0.714. The van der Waals surface area contributed by atoms with Crippen LogP contribution in [0, 0.1) is 5.82 Å². The van der Waals surface area contributed by atoms with E-state index in [2.05, 4.69) is 16.0 Å². The molecule has 0 radical (unpaired) electrons. The van der Waals surface area contributed by atoms with Gasteiger partial charge in [-0.15, -0.1) is 0 Å². The third-order valence-electron chi connectivity index (χ3n) is 8.67. The van der Waals surface area contributed by atoms with Crippen LogP contribution < -0.4 is 16.0 Å². The Balaban J connectivity index is 1.97. The van der Waals surface area contributed by atoms with Gasteiger partial charge in [-0.25, -0.2) is 9.18 Å². The van der Waals surface area contributed by atoms with E-state index in [4.69, 9.17) is 4.74 Å². The van der Waals surface area contributed by atoms with Crippen molar-refractivity contribution in [2.45, 2.75) is 109 Å². The van der Waals surface area contributed by atoms with Crippen LogP contribution in [0.4, 0.5) is 9.18 Å². The molecule has 2 aromatic carbocycles. The van der Waals surface area contributed by atoms with Crippen molar-refractivity contribution < 1.29 is 38.2 Å². The molecule has 13 heteroatoms. The molecule has 5 amide bonds. The molecule has 1 fully saturated rings. The standard InChI is InChI=1S/C38H54FN5O7/c1-37(2,3)27-21-25(15-18-31(27)45)23-28-33(47)40-19-9-12-32(46)43(7)20-10-11-30(34(48)41-28)44(8)35(49)29(42-36(50)51-38(4,5)6)22-24-13-16-26(39)17-14-24/h13-18,21,28-30,45H,9-12,19-20,22-23H2,1-8H3,(H,40,47)(H,41,48)(H,42,50)/t28?,29-,30?/m0/s1. The second-order valence-electron chi connectivity index (χ2n) is 15.2. The number of nitrogens with one attached hydrogen (secondary N) is 3. The third kappa shape index (κ3) is 12.6. The molecule has 1 aliphatic heterocycles. The molecule has 0 bridgehead atoms. The Morgan fingerprint density at radius 1 is 1.02 bits per heavy atom. The quantitative estimate of drug-likeness (QED) is 0.339. The monoisotopic (exact) mass is 711 g/mol. The molecule has 0 spiro atoms. The summed E-state index contributed by atoms with van der Waals surface area (Å²) in [5.74, 6) is -2.10. The first-order valence-corrected chi connectivity index (χ1v) is 17.4. The fourth-order valence-corrected chi connectivity index (χ4v) is 5.84. The second-order valence-corrected chi connectivity index (χ2v) is 15.2. The molecule has 280 valence electrons. The highest BCUT2D eigenvalue weighted by Gasteiger charge is 2.35. The van der Waals surface area contributed by atoms with Crippen molar-refractivity contribution in [3.63, 3.8) is 0 Å². The number of phenols is 1. The number of hydrogen-bond acceptors (Lipinski definition) is 7. The lowest BCUT2D eigenvalue weighted by Crippen LogP contribution is -2.58. The maximum absolute atomic E-state index is 14.2. The van der Waals surface area contributed by atoms with Gasteiger partial charge in [0, 0.05) is 46.4 Å². The largest absolute Gasteiger partial charge is 0.508 e. The number of nitrogens with zero attached hydrogens (tertiary/aromatic N) is 2. The first-order valence-electron chi connectivity index (χ1n) is 17.4. The number of aromatic hydroxyl groups is 1. The van der Waals surface area contributed by atoms with Gasteiger partial charge in [0.15, 0.2) is 0 Å². The van der Waals surface area contributed by atoms with Crippen molar-refractivity contribution in [2.24, 2.45) is 0 Å². The van der Waals surface area contributed by atoms with Gasteiger partial charge in [-0.05, 0) is 80.3 Å². The highest BCUT2D eigenvalue weighted by molar-refractivity contribution is 5.94. The topological polar surface area (TPSA) is 157 Å². The average molecular weight is 712 g/mol. The Hall–Kier alpha value is -4.68. The molecule has 1 aliphatic rings. The number of alkyl carbamates (subject to hydrolysis) is 1. The summed E-state index contributed by atoms with van der Waals surface area (Å²) >= 11 is 0. The Bertz CT molecular complexity index is 1550. The molecule has 12 nitrogen and oxygen atoms in total. The van der Waals surface area contributed by atoms with E-state index in [1.165, 1.54) is 36.2 Å². The van der Waals surface area contributed by atoms with E-state index < -0.39 is 53.4 Å². The smallest absolute Gasteiger partial charge is 0.408 e. The van der Waals surface area contributed by atoms with E-state index >= 15 is 0 Å². The number of carbonyl (C=O) groups is 5. The summed E-state index contributed by atoms with van der Waals surface area (Å²) in [6.07, 6.45) is 0.392. The van der Waals surface area contributed by atoms with Crippen molar-refractivity contribution in [1.29, 1.82) is 0 Å². The van der Waals surface area contributed by atoms with E-state index in [1.54, 1.807) is 44.9 Å². The van der Waals surface area contributed by atoms with Gasteiger partial charge in [0.1, 0.15) is 35.3 Å². The number of likely N-dealkylation sites (N-methyl/N-ethyl adjacent to an activating group) is 1. The van der Waals surface area contributed by atoms with Crippen molar-refractivity contribution in [3.8, 4) is 5.75 Å². The molecule has 0 aromatic heterocycles. The number of amides is 5. The number of phenolic OH excluding ortho intramolecular Hbond substituents is 1. The molecule has 2 aromatic rings. The fraction of sp³-hybridized carbons (Fsp3) is 0.553. The van der Waals surface area contributed by atoms with E-state index in [-0.39, 0.29) is 49.3 Å². The van der Waals surface area contributed by atoms with Gasteiger partial charge in [0.25, 0.3) is 0 Å². The van der Waals surface area contributed by atoms with Crippen LogP contribution in [-0.4, -0.2) is 95.5 Å². The number of hydrogen-bond donors (Lipinski definition) is 4. The molecule has 2 unspecified atom stereocenters. The maximum Gasteiger partial charge on any atom is 0.408 e. The highest BCUT2D eigenvalue weighted by atomic mass is 19.1. The third-order valence-corrected chi connectivity index (χ3v) is 8.67. The summed E-state index contributed by atoms with van der Waals surface area (Å²) in [5, 5.41) is 18.8. The van der Waals surface area contributed by atoms with Crippen LogP contribution >= 0.6 is 0 Å². The summed E-state index contributed by atoms with van der Waals surface area (Å²) in [4.78, 5) is 70.4. The predicted octanol–water partition coefficient (Wildman–Crippen LogP) is 3.97. The predicted molar refractivity (Wildman–Crippen MR) is 191 cm³/mol. The second kappa shape index (κ2) is 17.5. The van der Waals surface area contributed by atoms with Gasteiger partial charge in [-0.1, -0.05) is 45.0 Å². The number of ether oxygens (including phenoxy) is 1. The Labute approximate surface area is 300 Å². The Morgan fingerprint density at radius 2 is 1.67 bits per heavy atom. The SMILES string of the molecule is CN1CCCC(N(C)C(=O)[C@H](Cc2ccc(F)cc2)NC(=O)OC(C)(C)C)C(=O)NC(Cc2ccc(O)c(C(C)(C)C)c2)C(=O)NCCCC1=O. The van der Waals surface area contributed by atoms with Crippen LogP contribution in [-0.2, 0) is 42.2 Å². The van der Waals surface area contributed by atoms with Gasteiger partial charge >= 0.3 is 6.09 Å². The van der Waals surface area contributed by atoms with E-state index in [1.807, 2.05) is 26.8 Å². The molecule has 3 rings (SSSR count). The minimum absolute atomic E-state index is 0.0176. The molecule has 1 heterocycles. The summed E-state index contributed by atoms with van der Waals surface area (Å²) < 4.78 is 19.1. The number of rotatable bonds is 7. The van der Waals surface area contributed by atoms with Crippen LogP contribution in [0.1, 0.15) is 83.9 Å². The number of carbonyl (C=O) groups excluding carboxylic acids is 5. The number of halogens is 1. The van der Waals surface area contributed by atoms with Crippen LogP contribution in [0.5, 0.6) is 5.75 Å². The fourth-order valence-electron chi connectivity index (χ4n) is 5.84. The normalized spacial score (nSPS) is 18.9. The maximum atomic E-state index is 14.2. The van der Waals surface area contributed by atoms with Gasteiger partial charge < -0.3 is 35.6 Å². The summed E-state index contributed by atoms with van der Waals surface area (Å²) in [7, 11) is 3.11. The highest BCUT2D eigenvalue weighted by Crippen LogP contribution is 2.31. The molecular formula is C38H54FN5O7. The van der Waals surface area contributed by atoms with Crippen molar-refractivity contribution in [3.05, 3.63) is 65.0 Å². The van der Waals surface area contributed by atoms with Crippen LogP contribution in [0.3, 0.4) is 0 Å². The first-order chi connectivity index (χ1) is 23.7. The van der Waals surface area contributed by atoms with E-state index in [0.717, 1.165) is 0 Å². The molecule has 0 saturated carbocycles. The van der Waals surface area contributed by atoms with Crippen molar-refractivity contribution >= 4 is 29.7 Å². The molecule has 4 N–H and O–H groups in total. The zero-order valence-corrected chi connectivity index (χ0v) is 31.1. The Kier molecular flexibility index (Phi) is 14.0. The van der Waals surface area contributed by atoms with Gasteiger partial charge in [0.2, 0.25) is 23.6 Å². The van der Waals surface area contributed by atoms with E-state index in [0.29, 0.717) is 36.1 Å². The molecule has 3 atom stereocenters. The van der Waals surface area contributed by atoms with Crippen LogP contribution in [0.2, 0.25) is 0 Å². The first kappa shape index (κ1) is 40.7. The number of benzene rings is 2. The lowest BCUT2D eigenvalue weighted by molar-refractivity contribution is -0.142. The zero-order valence-electron chi connectivity index (χ0n) is 31.1. The summed E-state index contributed by atoms with van der Waals surface area (Å²) in [6.45, 7) is 11.5. The van der Waals surface area contributed by atoms with Crippen LogP contribution in [0.15, 0.2) is 42.5 Å². The molecule has 0 aliphatic carbocycles. The lowest BCUT2D eigenvalue weighted by atomic mass is 9.84. The minimum Gasteiger partial charge on any atom is -0.508 e. The van der Waals surface area contributed by atoms with Crippen molar-refractivity contribution in [1.82, 2.24) is 25.8 Å². The summed E-state index contributed by atoms with van der Waals surface area (Å²) in [6, 6.07) is 7.25. The lowest BCUT2D eigenvalue weighted by Gasteiger charge is -2.33. The molecule has 51 heavy (non-hydrogen) atoms. The van der Waals surface area contributed by atoms with Gasteiger partial charge in [-0.2, -0.15) is 0 Å².